The third kappa shape index (κ3) is 4.09. The molecule has 154 valence electrons. The van der Waals surface area contributed by atoms with Gasteiger partial charge in [-0.05, 0) is 63.4 Å². The Kier molecular flexibility index (Phi) is 5.74. The van der Waals surface area contributed by atoms with Crippen molar-refractivity contribution in [2.75, 3.05) is 25.0 Å². The molecule has 1 aromatic heterocycles. The van der Waals surface area contributed by atoms with Gasteiger partial charge in [0, 0.05) is 16.8 Å². The standard InChI is InChI=1S/C23H28N2O3S/c1-15-12-17(13-15)22(26)25(18-8-10-24(2)11-9-18)19-14-20(29-21(19)23(27)28)16-6-4-3-5-7-16/h3-7,14-15,17-18H,8-13H2,1-2H3,(H,27,28). The molecule has 0 radical (unpaired) electrons. The van der Waals surface area contributed by atoms with Crippen molar-refractivity contribution < 1.29 is 14.7 Å². The first-order chi connectivity index (χ1) is 13.9. The van der Waals surface area contributed by atoms with Crippen molar-refractivity contribution in [2.45, 2.75) is 38.6 Å². The minimum absolute atomic E-state index is 0.0198. The number of thiophene rings is 1. The van der Waals surface area contributed by atoms with E-state index in [1.807, 2.05) is 41.3 Å². The summed E-state index contributed by atoms with van der Waals surface area (Å²) in [5.74, 6) is -0.256. The van der Waals surface area contributed by atoms with E-state index in [-0.39, 0.29) is 22.7 Å². The molecule has 2 aromatic rings. The number of carboxylic acids is 1. The highest BCUT2D eigenvalue weighted by Crippen LogP contribution is 2.42. The molecule has 0 atom stereocenters. The number of hydrogen-bond donors (Lipinski definition) is 1. The van der Waals surface area contributed by atoms with Crippen LogP contribution in [0.3, 0.4) is 0 Å². The zero-order valence-corrected chi connectivity index (χ0v) is 17.8. The molecule has 5 nitrogen and oxygen atoms in total. The van der Waals surface area contributed by atoms with Gasteiger partial charge in [0.1, 0.15) is 4.88 Å². The second kappa shape index (κ2) is 8.28. The molecular weight excluding hydrogens is 384 g/mol. The molecule has 29 heavy (non-hydrogen) atoms. The van der Waals surface area contributed by atoms with Crippen LogP contribution < -0.4 is 4.90 Å². The van der Waals surface area contributed by atoms with Crippen LogP contribution in [0.25, 0.3) is 10.4 Å². The summed E-state index contributed by atoms with van der Waals surface area (Å²) in [5, 5.41) is 9.91. The topological polar surface area (TPSA) is 60.9 Å². The summed E-state index contributed by atoms with van der Waals surface area (Å²) in [6.07, 6.45) is 3.56. The van der Waals surface area contributed by atoms with Gasteiger partial charge in [0.15, 0.2) is 0 Å². The third-order valence-corrected chi connectivity index (χ3v) is 7.40. The highest BCUT2D eigenvalue weighted by atomic mass is 32.1. The Morgan fingerprint density at radius 1 is 1.14 bits per heavy atom. The molecule has 6 heteroatoms. The van der Waals surface area contributed by atoms with E-state index in [1.165, 1.54) is 11.3 Å². The van der Waals surface area contributed by atoms with Gasteiger partial charge >= 0.3 is 5.97 Å². The van der Waals surface area contributed by atoms with E-state index >= 15 is 0 Å². The number of rotatable bonds is 5. The summed E-state index contributed by atoms with van der Waals surface area (Å²) < 4.78 is 0. The van der Waals surface area contributed by atoms with Gasteiger partial charge in [-0.2, -0.15) is 0 Å². The average molecular weight is 413 g/mol. The number of benzene rings is 1. The molecule has 1 N–H and O–H groups in total. The Morgan fingerprint density at radius 2 is 1.79 bits per heavy atom. The fraction of sp³-hybridized carbons (Fsp3) is 0.478. The molecule has 1 amide bonds. The van der Waals surface area contributed by atoms with Crippen molar-refractivity contribution in [1.29, 1.82) is 0 Å². The van der Waals surface area contributed by atoms with Gasteiger partial charge in [-0.1, -0.05) is 37.3 Å². The van der Waals surface area contributed by atoms with Crippen LogP contribution in [0.1, 0.15) is 42.3 Å². The lowest BCUT2D eigenvalue weighted by Crippen LogP contribution is -2.51. The van der Waals surface area contributed by atoms with Crippen LogP contribution in [0.2, 0.25) is 0 Å². The highest BCUT2D eigenvalue weighted by molar-refractivity contribution is 7.18. The number of carbonyl (C=O) groups is 2. The lowest BCUT2D eigenvalue weighted by Gasteiger charge is -2.41. The first-order valence-corrected chi connectivity index (χ1v) is 11.2. The monoisotopic (exact) mass is 412 g/mol. The summed E-state index contributed by atoms with van der Waals surface area (Å²) in [4.78, 5) is 30.9. The van der Waals surface area contributed by atoms with Crippen LogP contribution in [0.15, 0.2) is 36.4 Å². The van der Waals surface area contributed by atoms with E-state index in [1.54, 1.807) is 0 Å². The summed E-state index contributed by atoms with van der Waals surface area (Å²) in [6, 6.07) is 11.8. The molecule has 1 aliphatic carbocycles. The maximum absolute atomic E-state index is 13.5. The van der Waals surface area contributed by atoms with Crippen molar-refractivity contribution in [3.05, 3.63) is 41.3 Å². The first kappa shape index (κ1) is 20.1. The smallest absolute Gasteiger partial charge is 0.348 e. The lowest BCUT2D eigenvalue weighted by molar-refractivity contribution is -0.126. The van der Waals surface area contributed by atoms with Crippen LogP contribution in [0.4, 0.5) is 5.69 Å². The van der Waals surface area contributed by atoms with Crippen molar-refractivity contribution >= 4 is 28.9 Å². The normalized spacial score (nSPS) is 22.8. The second-order valence-electron chi connectivity index (χ2n) is 8.51. The van der Waals surface area contributed by atoms with Gasteiger partial charge in [0.2, 0.25) is 5.91 Å². The molecule has 1 saturated carbocycles. The Hall–Kier alpha value is -2.18. The second-order valence-corrected chi connectivity index (χ2v) is 9.56. The number of amides is 1. The summed E-state index contributed by atoms with van der Waals surface area (Å²) in [5.41, 5.74) is 1.57. The average Bonchev–Trinajstić information content (AvgIpc) is 3.13. The summed E-state index contributed by atoms with van der Waals surface area (Å²) in [6.45, 7) is 4.02. The molecule has 4 rings (SSSR count). The van der Waals surface area contributed by atoms with E-state index < -0.39 is 5.97 Å². The highest BCUT2D eigenvalue weighted by Gasteiger charge is 2.40. The maximum Gasteiger partial charge on any atom is 0.348 e. The van der Waals surface area contributed by atoms with Crippen LogP contribution >= 0.6 is 11.3 Å². The van der Waals surface area contributed by atoms with Crippen molar-refractivity contribution in [3.8, 4) is 10.4 Å². The number of piperidine rings is 1. The maximum atomic E-state index is 13.5. The SMILES string of the molecule is CC1CC(C(=O)N(c2cc(-c3ccccc3)sc2C(=O)O)C2CCN(C)CC2)C1. The number of anilines is 1. The number of aromatic carboxylic acids is 1. The van der Waals surface area contributed by atoms with Gasteiger partial charge < -0.3 is 14.9 Å². The van der Waals surface area contributed by atoms with E-state index in [4.69, 9.17) is 0 Å². The van der Waals surface area contributed by atoms with Crippen molar-refractivity contribution in [2.24, 2.45) is 11.8 Å². The van der Waals surface area contributed by atoms with Gasteiger partial charge in [0.25, 0.3) is 0 Å². The molecule has 0 spiro atoms. The molecule has 1 saturated heterocycles. The van der Waals surface area contributed by atoms with Crippen LogP contribution in [0, 0.1) is 11.8 Å². The molecule has 2 fully saturated rings. The van der Waals surface area contributed by atoms with Crippen LogP contribution in [-0.2, 0) is 4.79 Å². The van der Waals surface area contributed by atoms with Gasteiger partial charge in [-0.25, -0.2) is 4.79 Å². The molecule has 1 aromatic carbocycles. The molecule has 1 aliphatic heterocycles. The first-order valence-electron chi connectivity index (χ1n) is 10.4. The largest absolute Gasteiger partial charge is 0.477 e. The number of carbonyl (C=O) groups excluding carboxylic acids is 1. The minimum Gasteiger partial charge on any atom is -0.477 e. The number of nitrogens with zero attached hydrogens (tertiary/aromatic N) is 2. The summed E-state index contributed by atoms with van der Waals surface area (Å²) in [7, 11) is 2.09. The van der Waals surface area contributed by atoms with E-state index in [0.717, 1.165) is 49.2 Å². The van der Waals surface area contributed by atoms with Crippen LogP contribution in [-0.4, -0.2) is 48.1 Å². The molecule has 0 bridgehead atoms. The number of hydrogen-bond acceptors (Lipinski definition) is 4. The Labute approximate surface area is 175 Å². The molecule has 0 unspecified atom stereocenters. The zero-order chi connectivity index (χ0) is 20.5. The van der Waals surface area contributed by atoms with Gasteiger partial charge in [-0.15, -0.1) is 11.3 Å². The molecule has 2 aliphatic rings. The lowest BCUT2D eigenvalue weighted by atomic mass is 9.75. The van der Waals surface area contributed by atoms with Crippen molar-refractivity contribution in [1.82, 2.24) is 4.90 Å². The number of likely N-dealkylation sites (tertiary alicyclic amines) is 1. The number of carboxylic acid groups (broad SMARTS) is 1. The van der Waals surface area contributed by atoms with E-state index in [9.17, 15) is 14.7 Å². The predicted octanol–water partition coefficient (Wildman–Crippen LogP) is 4.59. The Balaban J connectivity index is 1.74. The van der Waals surface area contributed by atoms with E-state index in [0.29, 0.717) is 11.6 Å². The van der Waals surface area contributed by atoms with E-state index in [2.05, 4.69) is 18.9 Å². The Morgan fingerprint density at radius 3 is 2.38 bits per heavy atom. The van der Waals surface area contributed by atoms with Gasteiger partial charge in [-0.3, -0.25) is 4.79 Å². The van der Waals surface area contributed by atoms with Crippen molar-refractivity contribution in [3.63, 3.8) is 0 Å². The predicted molar refractivity (Wildman–Crippen MR) is 117 cm³/mol. The molecular formula is C23H28N2O3S. The van der Waals surface area contributed by atoms with Gasteiger partial charge in [0.05, 0.1) is 5.69 Å². The fourth-order valence-corrected chi connectivity index (χ4v) is 5.50. The zero-order valence-electron chi connectivity index (χ0n) is 17.0. The fourth-order valence-electron chi connectivity index (χ4n) is 4.51. The third-order valence-electron chi connectivity index (χ3n) is 6.24. The van der Waals surface area contributed by atoms with Crippen LogP contribution in [0.5, 0.6) is 0 Å². The Bertz CT molecular complexity index is 881. The quantitative estimate of drug-likeness (QED) is 0.780. The summed E-state index contributed by atoms with van der Waals surface area (Å²) >= 11 is 1.27. The minimum atomic E-state index is -0.958. The molecule has 2 heterocycles.